The van der Waals surface area contributed by atoms with Gasteiger partial charge in [0, 0.05) is 17.5 Å². The molecule has 1 aromatic heterocycles. The van der Waals surface area contributed by atoms with Crippen molar-refractivity contribution in [2.24, 2.45) is 0 Å². The van der Waals surface area contributed by atoms with Gasteiger partial charge in [0.1, 0.15) is 5.75 Å². The molecule has 0 atom stereocenters. The van der Waals surface area contributed by atoms with Gasteiger partial charge in [-0.25, -0.2) is 0 Å². The topological polar surface area (TPSA) is 54.1 Å². The summed E-state index contributed by atoms with van der Waals surface area (Å²) in [5, 5.41) is 4.35. The number of hydrogen-bond donors (Lipinski definition) is 2. The van der Waals surface area contributed by atoms with Crippen molar-refractivity contribution in [3.63, 3.8) is 0 Å². The molecular weight excluding hydrogens is 252 g/mol. The number of hydrogen-bond acceptors (Lipinski definition) is 3. The first kappa shape index (κ1) is 12.8. The number of benzene rings is 1. The smallest absolute Gasteiger partial charge is 0.253 e. The molecule has 3 rings (SSSR count). The maximum absolute atomic E-state index is 11.9. The van der Waals surface area contributed by atoms with E-state index in [1.165, 1.54) is 0 Å². The summed E-state index contributed by atoms with van der Waals surface area (Å²) in [5.74, 6) is 0.805. The lowest BCUT2D eigenvalue weighted by molar-refractivity contribution is 0.415. The molecule has 4 nitrogen and oxygen atoms in total. The highest BCUT2D eigenvalue weighted by Gasteiger charge is 2.16. The Morgan fingerprint density at radius 1 is 1.33 bits per heavy atom. The maximum Gasteiger partial charge on any atom is 0.253 e. The number of H-pyrrole nitrogens is 1. The quantitative estimate of drug-likeness (QED) is 0.833. The molecule has 2 aromatic rings. The molecule has 0 fully saturated rings. The third kappa shape index (κ3) is 1.93. The predicted molar refractivity (Wildman–Crippen MR) is 75.2 cm³/mol. The van der Waals surface area contributed by atoms with Gasteiger partial charge >= 0.3 is 0 Å². The van der Waals surface area contributed by atoms with Crippen LogP contribution in [0.3, 0.4) is 0 Å². The molecule has 0 aliphatic carbocycles. The predicted octanol–water partition coefficient (Wildman–Crippen LogP) is 2.32. The van der Waals surface area contributed by atoms with Crippen molar-refractivity contribution in [1.82, 2.24) is 4.98 Å². The number of methoxy groups -OCH3 is 1. The first-order valence-electron chi connectivity index (χ1n) is 5.76. The van der Waals surface area contributed by atoms with Crippen molar-refractivity contribution in [3.05, 3.63) is 34.1 Å². The lowest BCUT2D eigenvalue weighted by atomic mass is 10.0. The molecule has 1 aliphatic heterocycles. The molecule has 0 saturated carbocycles. The molecule has 0 unspecified atom stereocenters. The average molecular weight is 267 g/mol. The highest BCUT2D eigenvalue weighted by Crippen LogP contribution is 2.29. The Morgan fingerprint density at radius 2 is 2.17 bits per heavy atom. The number of ether oxygens (including phenoxy) is 1. The summed E-state index contributed by atoms with van der Waals surface area (Å²) in [4.78, 5) is 14.8. The zero-order chi connectivity index (χ0) is 11.8. The second kappa shape index (κ2) is 4.90. The van der Waals surface area contributed by atoms with Gasteiger partial charge in [0.05, 0.1) is 18.3 Å². The lowest BCUT2D eigenvalue weighted by Crippen LogP contribution is -2.22. The normalized spacial score (nSPS) is 13.4. The first-order chi connectivity index (χ1) is 8.29. The van der Waals surface area contributed by atoms with Crippen LogP contribution in [0.2, 0.25) is 0 Å². The van der Waals surface area contributed by atoms with E-state index in [0.717, 1.165) is 47.3 Å². The van der Waals surface area contributed by atoms with Gasteiger partial charge in [-0.2, -0.15) is 0 Å². The zero-order valence-electron chi connectivity index (χ0n) is 10.1. The zero-order valence-corrected chi connectivity index (χ0v) is 10.9. The number of rotatable bonds is 1. The number of pyridine rings is 1. The Balaban J connectivity index is 0.00000120. The maximum atomic E-state index is 11.9. The van der Waals surface area contributed by atoms with Crippen molar-refractivity contribution in [2.75, 3.05) is 19.0 Å². The lowest BCUT2D eigenvalue weighted by Gasteiger charge is -2.19. The van der Waals surface area contributed by atoms with Gasteiger partial charge in [-0.3, -0.25) is 4.79 Å². The summed E-state index contributed by atoms with van der Waals surface area (Å²) < 4.78 is 5.22. The average Bonchev–Trinajstić information content (AvgIpc) is 2.39. The summed E-state index contributed by atoms with van der Waals surface area (Å²) in [6.45, 7) is 0.919. The van der Waals surface area contributed by atoms with Crippen LogP contribution in [0, 0.1) is 0 Å². The van der Waals surface area contributed by atoms with Gasteiger partial charge < -0.3 is 15.0 Å². The Kier molecular flexibility index (Phi) is 3.48. The van der Waals surface area contributed by atoms with Crippen molar-refractivity contribution in [1.29, 1.82) is 0 Å². The van der Waals surface area contributed by atoms with E-state index in [0.29, 0.717) is 0 Å². The van der Waals surface area contributed by atoms with Crippen LogP contribution in [0.15, 0.2) is 23.0 Å². The van der Waals surface area contributed by atoms with Crippen LogP contribution < -0.4 is 15.6 Å². The van der Waals surface area contributed by atoms with Crippen molar-refractivity contribution >= 4 is 29.0 Å². The Labute approximate surface area is 111 Å². The number of fused-ring (bicyclic) bond motifs is 3. The molecule has 2 heterocycles. The van der Waals surface area contributed by atoms with E-state index in [9.17, 15) is 4.79 Å². The minimum Gasteiger partial charge on any atom is -0.497 e. The molecule has 0 saturated heterocycles. The van der Waals surface area contributed by atoms with Crippen molar-refractivity contribution < 1.29 is 4.74 Å². The second-order valence-electron chi connectivity index (χ2n) is 4.25. The highest BCUT2D eigenvalue weighted by molar-refractivity contribution is 5.94. The van der Waals surface area contributed by atoms with E-state index in [4.69, 9.17) is 4.74 Å². The fourth-order valence-electron chi connectivity index (χ4n) is 2.36. The molecule has 0 spiro atoms. The number of aromatic nitrogens is 1. The summed E-state index contributed by atoms with van der Waals surface area (Å²) in [6, 6.07) is 5.70. The van der Waals surface area contributed by atoms with Crippen molar-refractivity contribution in [2.45, 2.75) is 12.8 Å². The monoisotopic (exact) mass is 266 g/mol. The van der Waals surface area contributed by atoms with Gasteiger partial charge in [0.25, 0.3) is 5.56 Å². The van der Waals surface area contributed by atoms with Gasteiger partial charge in [0.2, 0.25) is 0 Å². The van der Waals surface area contributed by atoms with Gasteiger partial charge in [-0.15, -0.1) is 12.4 Å². The fourth-order valence-corrected chi connectivity index (χ4v) is 2.36. The van der Waals surface area contributed by atoms with Crippen molar-refractivity contribution in [3.8, 4) is 5.75 Å². The fraction of sp³-hybridized carbons (Fsp3) is 0.308. The molecule has 2 N–H and O–H groups in total. The number of nitrogens with one attached hydrogen (secondary N) is 2. The Morgan fingerprint density at radius 3 is 2.94 bits per heavy atom. The summed E-state index contributed by atoms with van der Waals surface area (Å²) in [5.41, 5.74) is 2.69. The molecule has 5 heteroatoms. The molecule has 18 heavy (non-hydrogen) atoms. The SMILES string of the molecule is COc1ccc2[nH]c(=O)c3c(c2c1)NCCC3.Cl. The van der Waals surface area contributed by atoms with Crippen LogP contribution in [0.5, 0.6) is 5.75 Å². The molecule has 1 aliphatic rings. The Hall–Kier alpha value is -1.68. The number of halogens is 1. The van der Waals surface area contributed by atoms with Gasteiger partial charge in [0.15, 0.2) is 0 Å². The van der Waals surface area contributed by atoms with E-state index in [-0.39, 0.29) is 18.0 Å². The largest absolute Gasteiger partial charge is 0.497 e. The molecule has 1 aromatic carbocycles. The van der Waals surface area contributed by atoms with E-state index >= 15 is 0 Å². The van der Waals surface area contributed by atoms with Crippen LogP contribution in [0.25, 0.3) is 10.9 Å². The summed E-state index contributed by atoms with van der Waals surface area (Å²) in [7, 11) is 1.65. The Bertz CT molecular complexity index is 637. The second-order valence-corrected chi connectivity index (χ2v) is 4.25. The highest BCUT2D eigenvalue weighted by atomic mass is 35.5. The van der Waals surface area contributed by atoms with E-state index < -0.39 is 0 Å². The molecule has 96 valence electrons. The first-order valence-corrected chi connectivity index (χ1v) is 5.76. The van der Waals surface area contributed by atoms with Gasteiger partial charge in [-0.05, 0) is 31.0 Å². The molecule has 0 radical (unpaired) electrons. The molecule has 0 bridgehead atoms. The van der Waals surface area contributed by atoms with Crippen LogP contribution >= 0.6 is 12.4 Å². The van der Waals surface area contributed by atoms with E-state index in [1.54, 1.807) is 7.11 Å². The van der Waals surface area contributed by atoms with Crippen LogP contribution in [-0.2, 0) is 6.42 Å². The van der Waals surface area contributed by atoms with Gasteiger partial charge in [-0.1, -0.05) is 0 Å². The minimum absolute atomic E-state index is 0. The minimum atomic E-state index is 0. The van der Waals surface area contributed by atoms with Crippen LogP contribution in [0.4, 0.5) is 5.69 Å². The third-order valence-electron chi connectivity index (χ3n) is 3.23. The van der Waals surface area contributed by atoms with Crippen LogP contribution in [-0.4, -0.2) is 18.6 Å². The third-order valence-corrected chi connectivity index (χ3v) is 3.23. The van der Waals surface area contributed by atoms with E-state index in [2.05, 4.69) is 10.3 Å². The number of aromatic amines is 1. The molecule has 0 amide bonds. The summed E-state index contributed by atoms with van der Waals surface area (Å²) in [6.07, 6.45) is 1.84. The molecular formula is C13H15ClN2O2. The van der Waals surface area contributed by atoms with Crippen LogP contribution in [0.1, 0.15) is 12.0 Å². The van der Waals surface area contributed by atoms with E-state index in [1.807, 2.05) is 18.2 Å². The summed E-state index contributed by atoms with van der Waals surface area (Å²) >= 11 is 0. The standard InChI is InChI=1S/C13H14N2O2.ClH/c1-17-8-4-5-11-10(7-8)12-9(13(16)15-11)3-2-6-14-12;/h4-5,7,14H,2-3,6H2,1H3,(H,15,16);1H. The number of anilines is 1.